The fourth-order valence-electron chi connectivity index (χ4n) is 2.71. The van der Waals surface area contributed by atoms with Crippen molar-refractivity contribution in [2.75, 3.05) is 14.2 Å². The van der Waals surface area contributed by atoms with E-state index in [1.807, 2.05) is 36.3 Å². The molecule has 0 fully saturated rings. The first-order valence-electron chi connectivity index (χ1n) is 7.60. The molecule has 3 rings (SSSR count). The van der Waals surface area contributed by atoms with Crippen molar-refractivity contribution in [1.82, 2.24) is 10.3 Å². The number of ether oxygens (including phenoxy) is 1. The van der Waals surface area contributed by atoms with Crippen LogP contribution in [0.5, 0.6) is 5.75 Å². The van der Waals surface area contributed by atoms with E-state index in [1.165, 1.54) is 0 Å². The number of nitrogens with zero attached hydrogens (tertiary/aromatic N) is 2. The molecular formula is C18H18BrN3OS. The first kappa shape index (κ1) is 16.9. The lowest BCUT2D eigenvalue weighted by Gasteiger charge is -2.23. The topological polar surface area (TPSA) is 36.9 Å². The minimum atomic E-state index is 0.0782. The highest BCUT2D eigenvalue weighted by Gasteiger charge is 2.31. The number of thiocarbonyl (C=S) groups is 1. The van der Waals surface area contributed by atoms with Crippen molar-refractivity contribution in [2.45, 2.75) is 12.5 Å². The summed E-state index contributed by atoms with van der Waals surface area (Å²) in [6, 6.07) is 16.3. The highest BCUT2D eigenvalue weighted by atomic mass is 79.9. The maximum absolute atomic E-state index is 5.44. The second-order valence-corrected chi connectivity index (χ2v) is 6.75. The van der Waals surface area contributed by atoms with E-state index in [-0.39, 0.29) is 6.04 Å². The predicted octanol–water partition coefficient (Wildman–Crippen LogP) is 4.11. The molecule has 0 aromatic heterocycles. The van der Waals surface area contributed by atoms with Gasteiger partial charge in [-0.05, 0) is 47.6 Å². The molecule has 0 spiro atoms. The molecule has 1 atom stereocenters. The Morgan fingerprint density at radius 2 is 1.88 bits per heavy atom. The maximum Gasteiger partial charge on any atom is 0.189 e. The molecule has 24 heavy (non-hydrogen) atoms. The zero-order chi connectivity index (χ0) is 17.1. The Hall–Kier alpha value is -1.92. The van der Waals surface area contributed by atoms with E-state index >= 15 is 0 Å². The molecule has 2 aromatic rings. The third kappa shape index (κ3) is 3.44. The van der Waals surface area contributed by atoms with Crippen molar-refractivity contribution in [1.29, 1.82) is 0 Å². The molecule has 0 bridgehead atoms. The maximum atomic E-state index is 5.44. The van der Waals surface area contributed by atoms with E-state index in [4.69, 9.17) is 22.1 Å². The number of hydrogen-bond donors (Lipinski definition) is 1. The quantitative estimate of drug-likeness (QED) is 0.782. The Morgan fingerprint density at radius 1 is 1.21 bits per heavy atom. The monoisotopic (exact) mass is 403 g/mol. The number of nitrogens with one attached hydrogen (secondary N) is 1. The summed E-state index contributed by atoms with van der Waals surface area (Å²) in [7, 11) is 3.49. The minimum absolute atomic E-state index is 0.0782. The van der Waals surface area contributed by atoms with Gasteiger partial charge in [-0.1, -0.05) is 40.2 Å². The van der Waals surface area contributed by atoms with Crippen molar-refractivity contribution in [3.8, 4) is 5.75 Å². The third-order valence-electron chi connectivity index (χ3n) is 4.01. The van der Waals surface area contributed by atoms with Gasteiger partial charge in [0.05, 0.1) is 18.9 Å². The highest BCUT2D eigenvalue weighted by Crippen LogP contribution is 2.33. The average molecular weight is 404 g/mol. The van der Waals surface area contributed by atoms with Gasteiger partial charge in [0, 0.05) is 17.9 Å². The molecule has 0 amide bonds. The molecule has 1 aliphatic heterocycles. The van der Waals surface area contributed by atoms with Crippen molar-refractivity contribution < 1.29 is 4.74 Å². The second kappa shape index (κ2) is 7.32. The zero-order valence-electron chi connectivity index (χ0n) is 13.5. The lowest BCUT2D eigenvalue weighted by atomic mass is 9.98. The number of methoxy groups -OCH3 is 1. The largest absolute Gasteiger partial charge is 0.497 e. The molecule has 0 aliphatic carbocycles. The number of rotatable bonds is 3. The average Bonchev–Trinajstić information content (AvgIpc) is 3.07. The molecule has 4 nitrogen and oxygen atoms in total. The van der Waals surface area contributed by atoms with Crippen LogP contribution in [0.25, 0.3) is 0 Å². The van der Waals surface area contributed by atoms with Gasteiger partial charge in [-0.25, -0.2) is 5.01 Å². The number of halogens is 1. The summed E-state index contributed by atoms with van der Waals surface area (Å²) < 4.78 is 6.30. The SMILES string of the molecule is CNC(=S)N1N=C(c2ccc(Br)cc2)C[C@@H]1c1ccc(OC)cc1. The van der Waals surface area contributed by atoms with Crippen molar-refractivity contribution >= 4 is 39.0 Å². The van der Waals surface area contributed by atoms with Crippen LogP contribution in [0, 0.1) is 0 Å². The van der Waals surface area contributed by atoms with Crippen molar-refractivity contribution in [2.24, 2.45) is 5.10 Å². The molecule has 124 valence electrons. The standard InChI is InChI=1S/C18H18BrN3OS/c1-20-18(24)22-17(13-5-9-15(23-2)10-6-13)11-16(21-22)12-3-7-14(19)8-4-12/h3-10,17H,11H2,1-2H3,(H,20,24)/t17-/m1/s1. The summed E-state index contributed by atoms with van der Waals surface area (Å²) >= 11 is 8.91. The Labute approximate surface area is 155 Å². The lowest BCUT2D eigenvalue weighted by molar-refractivity contribution is 0.365. The predicted molar refractivity (Wildman–Crippen MR) is 105 cm³/mol. The molecule has 6 heteroatoms. The highest BCUT2D eigenvalue weighted by molar-refractivity contribution is 9.10. The Balaban J connectivity index is 1.91. The summed E-state index contributed by atoms with van der Waals surface area (Å²) in [6.07, 6.45) is 0.801. The van der Waals surface area contributed by atoms with Gasteiger partial charge >= 0.3 is 0 Å². The molecule has 2 aromatic carbocycles. The first-order valence-corrected chi connectivity index (χ1v) is 8.81. The van der Waals surface area contributed by atoms with Gasteiger partial charge in [-0.3, -0.25) is 0 Å². The van der Waals surface area contributed by atoms with Crippen LogP contribution in [0.1, 0.15) is 23.6 Å². The van der Waals surface area contributed by atoms with E-state index in [9.17, 15) is 0 Å². The van der Waals surface area contributed by atoms with E-state index in [0.29, 0.717) is 5.11 Å². The lowest BCUT2D eigenvalue weighted by Crippen LogP contribution is -2.34. The molecule has 1 aliphatic rings. The molecule has 1 N–H and O–H groups in total. The first-order chi connectivity index (χ1) is 11.6. The number of hydrazone groups is 1. The van der Waals surface area contributed by atoms with E-state index in [2.05, 4.69) is 45.5 Å². The van der Waals surface area contributed by atoms with Gasteiger partial charge in [-0.2, -0.15) is 5.10 Å². The summed E-state index contributed by atoms with van der Waals surface area (Å²) in [4.78, 5) is 0. The Morgan fingerprint density at radius 3 is 2.46 bits per heavy atom. The molecular weight excluding hydrogens is 386 g/mol. The normalized spacial score (nSPS) is 16.7. The summed E-state index contributed by atoms with van der Waals surface area (Å²) in [6.45, 7) is 0. The van der Waals surface area contributed by atoms with E-state index in [1.54, 1.807) is 7.11 Å². The van der Waals surface area contributed by atoms with Gasteiger partial charge in [0.25, 0.3) is 0 Å². The molecule has 0 saturated carbocycles. The number of hydrogen-bond acceptors (Lipinski definition) is 3. The van der Waals surface area contributed by atoms with Crippen LogP contribution in [0.3, 0.4) is 0 Å². The Bertz CT molecular complexity index is 759. The van der Waals surface area contributed by atoms with Crippen LogP contribution < -0.4 is 10.1 Å². The van der Waals surface area contributed by atoms with Crippen molar-refractivity contribution in [3.05, 3.63) is 64.1 Å². The molecule has 0 saturated heterocycles. The summed E-state index contributed by atoms with van der Waals surface area (Å²) in [5, 5.41) is 10.3. The molecule has 1 heterocycles. The van der Waals surface area contributed by atoms with Crippen LogP contribution in [0.2, 0.25) is 0 Å². The van der Waals surface area contributed by atoms with Crippen LogP contribution in [0.4, 0.5) is 0 Å². The van der Waals surface area contributed by atoms with E-state index in [0.717, 1.165) is 33.5 Å². The van der Waals surface area contributed by atoms with Gasteiger partial charge in [0.1, 0.15) is 5.75 Å². The van der Waals surface area contributed by atoms with E-state index < -0.39 is 0 Å². The van der Waals surface area contributed by atoms with Gasteiger partial charge in [0.2, 0.25) is 0 Å². The zero-order valence-corrected chi connectivity index (χ0v) is 15.9. The third-order valence-corrected chi connectivity index (χ3v) is 4.93. The van der Waals surface area contributed by atoms with Crippen molar-refractivity contribution in [3.63, 3.8) is 0 Å². The molecule has 0 unspecified atom stereocenters. The summed E-state index contributed by atoms with van der Waals surface area (Å²) in [5.41, 5.74) is 3.29. The smallest absolute Gasteiger partial charge is 0.189 e. The fourth-order valence-corrected chi connectivity index (χ4v) is 3.15. The van der Waals surface area contributed by atoms with Crippen LogP contribution in [-0.4, -0.2) is 30.0 Å². The van der Waals surface area contributed by atoms with Crippen LogP contribution >= 0.6 is 28.1 Å². The summed E-state index contributed by atoms with van der Waals surface area (Å²) in [5.74, 6) is 0.841. The fraction of sp³-hybridized carbons (Fsp3) is 0.222. The van der Waals surface area contributed by atoms with Crippen LogP contribution in [-0.2, 0) is 0 Å². The van der Waals surface area contributed by atoms with Gasteiger partial charge in [-0.15, -0.1) is 0 Å². The molecule has 0 radical (unpaired) electrons. The Kier molecular flexibility index (Phi) is 5.16. The number of benzene rings is 2. The second-order valence-electron chi connectivity index (χ2n) is 5.45. The minimum Gasteiger partial charge on any atom is -0.497 e. The van der Waals surface area contributed by atoms with Gasteiger partial charge in [0.15, 0.2) is 5.11 Å². The van der Waals surface area contributed by atoms with Gasteiger partial charge < -0.3 is 10.1 Å². The van der Waals surface area contributed by atoms with Crippen LogP contribution in [0.15, 0.2) is 58.1 Å².